The molecule has 30 heavy (non-hydrogen) atoms. The molecule has 1 unspecified atom stereocenters. The number of anilines is 1. The molecule has 0 aliphatic carbocycles. The number of nitrogens with one attached hydrogen (secondary N) is 1. The molecule has 2 aromatic rings. The summed E-state index contributed by atoms with van der Waals surface area (Å²) >= 11 is 6.18. The fourth-order valence-electron chi connectivity index (χ4n) is 3.01. The van der Waals surface area contributed by atoms with E-state index in [1.807, 2.05) is 31.2 Å². The molecule has 0 aromatic heterocycles. The quantitative estimate of drug-likeness (QED) is 0.668. The Morgan fingerprint density at radius 2 is 1.70 bits per heavy atom. The van der Waals surface area contributed by atoms with Crippen LogP contribution in [0.3, 0.4) is 0 Å². The highest BCUT2D eigenvalue weighted by atomic mass is 35.5. The molecule has 1 N–H and O–H groups in total. The Morgan fingerprint density at radius 3 is 2.27 bits per heavy atom. The normalized spacial score (nSPS) is 12.2. The third kappa shape index (κ3) is 5.73. The third-order valence-electron chi connectivity index (χ3n) is 4.82. The van der Waals surface area contributed by atoms with Crippen molar-refractivity contribution in [3.05, 3.63) is 64.7 Å². The van der Waals surface area contributed by atoms with Crippen LogP contribution in [0.25, 0.3) is 0 Å². The number of likely N-dealkylation sites (N-methyl/N-ethyl adjacent to an activating group) is 1. The van der Waals surface area contributed by atoms with Crippen LogP contribution in [0, 0.1) is 6.92 Å². The van der Waals surface area contributed by atoms with E-state index in [4.69, 9.17) is 11.6 Å². The average molecular weight is 452 g/mol. The van der Waals surface area contributed by atoms with Gasteiger partial charge in [-0.15, -0.1) is 0 Å². The van der Waals surface area contributed by atoms with E-state index >= 15 is 0 Å². The summed E-state index contributed by atoms with van der Waals surface area (Å²) in [5.41, 5.74) is 2.04. The predicted molar refractivity (Wildman–Crippen MR) is 119 cm³/mol. The van der Waals surface area contributed by atoms with E-state index in [9.17, 15) is 18.0 Å². The zero-order chi connectivity index (χ0) is 22.5. The first-order valence-electron chi connectivity index (χ1n) is 9.34. The van der Waals surface area contributed by atoms with Gasteiger partial charge in [0.25, 0.3) is 0 Å². The molecule has 162 valence electrons. The summed E-state index contributed by atoms with van der Waals surface area (Å²) < 4.78 is 25.8. The van der Waals surface area contributed by atoms with Crippen molar-refractivity contribution in [2.24, 2.45) is 0 Å². The standard InChI is InChI=1S/C21H26ClN3O4S/c1-15-9-5-6-10-17(15)13-24(16(2)21(27)23-3)20(26)14-25(30(4,28)29)19-12-8-7-11-18(19)22/h5-12,16H,13-14H2,1-4H3,(H,23,27). The number of halogens is 1. The number of benzene rings is 2. The van der Waals surface area contributed by atoms with Crippen molar-refractivity contribution in [2.75, 3.05) is 24.2 Å². The molecule has 2 aromatic carbocycles. The third-order valence-corrected chi connectivity index (χ3v) is 6.26. The van der Waals surface area contributed by atoms with Crippen LogP contribution in [0.2, 0.25) is 5.02 Å². The molecule has 0 bridgehead atoms. The second-order valence-electron chi connectivity index (χ2n) is 6.96. The lowest BCUT2D eigenvalue weighted by Gasteiger charge is -2.31. The van der Waals surface area contributed by atoms with Crippen molar-refractivity contribution in [2.45, 2.75) is 26.4 Å². The van der Waals surface area contributed by atoms with Crippen molar-refractivity contribution in [1.82, 2.24) is 10.2 Å². The van der Waals surface area contributed by atoms with Gasteiger partial charge in [-0.1, -0.05) is 48.0 Å². The fraction of sp³-hybridized carbons (Fsp3) is 0.333. The second kappa shape index (κ2) is 9.95. The van der Waals surface area contributed by atoms with E-state index in [1.54, 1.807) is 25.1 Å². The molecule has 0 radical (unpaired) electrons. The number of hydrogen-bond acceptors (Lipinski definition) is 4. The fourth-order valence-corrected chi connectivity index (χ4v) is 4.16. The number of carbonyl (C=O) groups is 2. The van der Waals surface area contributed by atoms with Crippen LogP contribution in [-0.4, -0.2) is 51.0 Å². The molecule has 1 atom stereocenters. The van der Waals surface area contributed by atoms with Crippen LogP contribution in [0.15, 0.2) is 48.5 Å². The maximum atomic E-state index is 13.3. The molecule has 2 amide bonds. The van der Waals surface area contributed by atoms with Crippen molar-refractivity contribution >= 4 is 39.1 Å². The van der Waals surface area contributed by atoms with Gasteiger partial charge in [0.15, 0.2) is 0 Å². The lowest BCUT2D eigenvalue weighted by molar-refractivity contribution is -0.139. The highest BCUT2D eigenvalue weighted by Gasteiger charge is 2.30. The number of carbonyl (C=O) groups excluding carboxylic acids is 2. The number of aryl methyl sites for hydroxylation is 1. The molecule has 0 saturated heterocycles. The smallest absolute Gasteiger partial charge is 0.244 e. The first-order chi connectivity index (χ1) is 14.1. The summed E-state index contributed by atoms with van der Waals surface area (Å²) in [4.78, 5) is 26.9. The number of rotatable bonds is 8. The minimum Gasteiger partial charge on any atom is -0.357 e. The number of sulfonamides is 1. The molecule has 0 aliphatic rings. The molecular weight excluding hydrogens is 426 g/mol. The Bertz CT molecular complexity index is 1030. The maximum absolute atomic E-state index is 13.3. The first-order valence-corrected chi connectivity index (χ1v) is 11.6. The van der Waals surface area contributed by atoms with Crippen LogP contribution in [0.5, 0.6) is 0 Å². The Kier molecular flexibility index (Phi) is 7.86. The average Bonchev–Trinajstić information content (AvgIpc) is 2.70. The van der Waals surface area contributed by atoms with E-state index in [0.717, 1.165) is 21.7 Å². The lowest BCUT2D eigenvalue weighted by Crippen LogP contribution is -2.50. The summed E-state index contributed by atoms with van der Waals surface area (Å²) in [6, 6.07) is 13.1. The van der Waals surface area contributed by atoms with Crippen LogP contribution < -0.4 is 9.62 Å². The van der Waals surface area contributed by atoms with Crippen LogP contribution >= 0.6 is 11.6 Å². The largest absolute Gasteiger partial charge is 0.357 e. The molecule has 2 rings (SSSR count). The van der Waals surface area contributed by atoms with Gasteiger partial charge in [-0.25, -0.2) is 8.42 Å². The first kappa shape index (κ1) is 23.7. The van der Waals surface area contributed by atoms with Crippen molar-refractivity contribution in [3.63, 3.8) is 0 Å². The monoisotopic (exact) mass is 451 g/mol. The van der Waals surface area contributed by atoms with Crippen molar-refractivity contribution < 1.29 is 18.0 Å². The van der Waals surface area contributed by atoms with Gasteiger partial charge in [0.1, 0.15) is 12.6 Å². The molecule has 0 heterocycles. The van der Waals surface area contributed by atoms with Crippen molar-refractivity contribution in [3.8, 4) is 0 Å². The summed E-state index contributed by atoms with van der Waals surface area (Å²) in [6.07, 6.45) is 1.01. The number of hydrogen-bond donors (Lipinski definition) is 1. The minimum atomic E-state index is -3.80. The van der Waals surface area contributed by atoms with Gasteiger partial charge in [0.2, 0.25) is 21.8 Å². The topological polar surface area (TPSA) is 86.8 Å². The number of para-hydroxylation sites is 1. The van der Waals surface area contributed by atoms with E-state index in [1.165, 1.54) is 18.0 Å². The number of amides is 2. The van der Waals surface area contributed by atoms with Gasteiger partial charge >= 0.3 is 0 Å². The zero-order valence-corrected chi connectivity index (χ0v) is 19.0. The lowest BCUT2D eigenvalue weighted by atomic mass is 10.1. The highest BCUT2D eigenvalue weighted by Crippen LogP contribution is 2.27. The van der Waals surface area contributed by atoms with Crippen molar-refractivity contribution in [1.29, 1.82) is 0 Å². The minimum absolute atomic E-state index is 0.167. The second-order valence-corrected chi connectivity index (χ2v) is 9.27. The Labute approximate surface area is 182 Å². The van der Waals surface area contributed by atoms with Crippen LogP contribution in [0.1, 0.15) is 18.1 Å². The van der Waals surface area contributed by atoms with E-state index < -0.39 is 28.5 Å². The van der Waals surface area contributed by atoms with E-state index in [0.29, 0.717) is 0 Å². The Balaban J connectivity index is 2.41. The van der Waals surface area contributed by atoms with Gasteiger partial charge in [-0.3, -0.25) is 13.9 Å². The zero-order valence-electron chi connectivity index (χ0n) is 17.4. The summed E-state index contributed by atoms with van der Waals surface area (Å²) in [5, 5.41) is 2.75. The highest BCUT2D eigenvalue weighted by molar-refractivity contribution is 7.92. The summed E-state index contributed by atoms with van der Waals surface area (Å²) in [5.74, 6) is -0.861. The summed E-state index contributed by atoms with van der Waals surface area (Å²) in [7, 11) is -2.31. The summed E-state index contributed by atoms with van der Waals surface area (Å²) in [6.45, 7) is 3.21. The number of nitrogens with zero attached hydrogens (tertiary/aromatic N) is 2. The molecule has 0 fully saturated rings. The molecule has 7 nitrogen and oxygen atoms in total. The van der Waals surface area contributed by atoms with Gasteiger partial charge in [-0.05, 0) is 37.1 Å². The SMILES string of the molecule is CNC(=O)C(C)N(Cc1ccccc1C)C(=O)CN(c1ccccc1Cl)S(C)(=O)=O. The van der Waals surface area contributed by atoms with Gasteiger partial charge in [-0.2, -0.15) is 0 Å². The van der Waals surface area contributed by atoms with Crippen LogP contribution in [0.4, 0.5) is 5.69 Å². The Morgan fingerprint density at radius 1 is 1.10 bits per heavy atom. The van der Waals surface area contributed by atoms with Gasteiger partial charge in [0.05, 0.1) is 17.0 Å². The molecule has 0 aliphatic heterocycles. The van der Waals surface area contributed by atoms with Gasteiger partial charge < -0.3 is 10.2 Å². The van der Waals surface area contributed by atoms with E-state index in [2.05, 4.69) is 5.32 Å². The Hall–Kier alpha value is -2.58. The van der Waals surface area contributed by atoms with Gasteiger partial charge in [0, 0.05) is 13.6 Å². The molecule has 0 spiro atoms. The molecule has 0 saturated carbocycles. The van der Waals surface area contributed by atoms with Crippen LogP contribution in [-0.2, 0) is 26.2 Å². The molecular formula is C21H26ClN3O4S. The van der Waals surface area contributed by atoms with E-state index in [-0.39, 0.29) is 23.2 Å². The molecule has 9 heteroatoms. The maximum Gasteiger partial charge on any atom is 0.244 e. The predicted octanol–water partition coefficient (Wildman–Crippen LogP) is 2.58.